The van der Waals surface area contributed by atoms with Crippen LogP contribution in [0.4, 0.5) is 11.4 Å². The fraction of sp³-hybridized carbons (Fsp3) is 0.318. The van der Waals surface area contributed by atoms with Crippen molar-refractivity contribution in [1.29, 1.82) is 0 Å². The van der Waals surface area contributed by atoms with E-state index in [0.29, 0.717) is 11.6 Å². The number of pyridine rings is 1. The lowest BCUT2D eigenvalue weighted by Crippen LogP contribution is -2.35. The number of aromatic nitrogens is 1. The molecule has 0 spiro atoms. The van der Waals surface area contributed by atoms with Gasteiger partial charge < -0.3 is 15.3 Å². The van der Waals surface area contributed by atoms with Gasteiger partial charge in [0.1, 0.15) is 5.75 Å². The number of phenolic OH excluding ortho intramolecular Hbond substituents is 1. The minimum Gasteiger partial charge on any atom is -0.508 e. The van der Waals surface area contributed by atoms with Crippen molar-refractivity contribution in [3.8, 4) is 5.75 Å². The number of hydrogen-bond acceptors (Lipinski definition) is 7. The SMILES string of the molecule is Cl.Cl.Cl.O=[N+]([O-])OCC1CCN(Cc2cc(Nc3ccnc4cc(Cl)ccc34)ccc2O)CC1. The number of nitrogens with zero attached hydrogens (tertiary/aromatic N) is 3. The number of nitrogens with one attached hydrogen (secondary N) is 1. The first-order valence-corrected chi connectivity index (χ1v) is 10.5. The lowest BCUT2D eigenvalue weighted by atomic mass is 9.97. The van der Waals surface area contributed by atoms with E-state index in [1.807, 2.05) is 36.4 Å². The second-order valence-corrected chi connectivity index (χ2v) is 8.16. The number of fused-ring (bicyclic) bond motifs is 1. The first kappa shape index (κ1) is 29.8. The van der Waals surface area contributed by atoms with E-state index in [-0.39, 0.29) is 55.5 Å². The number of rotatable bonds is 7. The van der Waals surface area contributed by atoms with Crippen LogP contribution in [0.3, 0.4) is 0 Å². The third kappa shape index (κ3) is 7.65. The molecular weight excluding hydrogens is 526 g/mol. The van der Waals surface area contributed by atoms with Crippen LogP contribution < -0.4 is 5.32 Å². The summed E-state index contributed by atoms with van der Waals surface area (Å²) in [6, 6.07) is 13.0. The maximum Gasteiger partial charge on any atom is 0.294 e. The zero-order valence-corrected chi connectivity index (χ0v) is 21.3. The van der Waals surface area contributed by atoms with Crippen molar-refractivity contribution >= 4 is 71.1 Å². The van der Waals surface area contributed by atoms with Gasteiger partial charge in [-0.1, -0.05) is 11.6 Å². The number of aromatic hydroxyl groups is 1. The van der Waals surface area contributed by atoms with E-state index in [4.69, 9.17) is 11.6 Å². The smallest absolute Gasteiger partial charge is 0.294 e. The summed E-state index contributed by atoms with van der Waals surface area (Å²) in [5.41, 5.74) is 3.40. The number of halogens is 4. The zero-order chi connectivity index (χ0) is 21.8. The summed E-state index contributed by atoms with van der Waals surface area (Å²) >= 11 is 6.07. The molecule has 0 saturated carbocycles. The third-order valence-electron chi connectivity index (χ3n) is 5.58. The predicted octanol–water partition coefficient (Wildman–Crippen LogP) is 6.02. The number of likely N-dealkylation sites (tertiary alicyclic amines) is 1. The minimum atomic E-state index is -0.733. The van der Waals surface area contributed by atoms with Gasteiger partial charge in [-0.05, 0) is 74.3 Å². The molecule has 34 heavy (non-hydrogen) atoms. The Labute approximate surface area is 221 Å². The Hall–Kier alpha value is -2.23. The normalized spacial score (nSPS) is 13.8. The lowest BCUT2D eigenvalue weighted by Gasteiger charge is -2.31. The van der Waals surface area contributed by atoms with Crippen molar-refractivity contribution in [1.82, 2.24) is 9.88 Å². The van der Waals surface area contributed by atoms with Crippen LogP contribution in [0.1, 0.15) is 18.4 Å². The molecule has 1 fully saturated rings. The van der Waals surface area contributed by atoms with E-state index in [1.54, 1.807) is 12.3 Å². The maximum absolute atomic E-state index is 10.4. The van der Waals surface area contributed by atoms with Crippen LogP contribution in [0, 0.1) is 16.0 Å². The highest BCUT2D eigenvalue weighted by Gasteiger charge is 2.21. The Kier molecular flexibility index (Phi) is 11.9. The minimum absolute atomic E-state index is 0. The van der Waals surface area contributed by atoms with E-state index in [1.165, 1.54) is 0 Å². The molecule has 4 rings (SSSR count). The summed E-state index contributed by atoms with van der Waals surface area (Å²) in [6.45, 7) is 2.37. The fourth-order valence-corrected chi connectivity index (χ4v) is 4.06. The Bertz CT molecular complexity index is 1100. The molecule has 0 bridgehead atoms. The van der Waals surface area contributed by atoms with Crippen molar-refractivity contribution < 1.29 is 15.0 Å². The van der Waals surface area contributed by atoms with Crippen LogP contribution in [0.25, 0.3) is 10.9 Å². The maximum atomic E-state index is 10.4. The molecule has 0 atom stereocenters. The largest absolute Gasteiger partial charge is 0.508 e. The van der Waals surface area contributed by atoms with Crippen molar-refractivity contribution in [2.24, 2.45) is 5.92 Å². The Morgan fingerprint density at radius 1 is 1.15 bits per heavy atom. The number of piperidine rings is 1. The van der Waals surface area contributed by atoms with E-state index < -0.39 is 5.09 Å². The summed E-state index contributed by atoms with van der Waals surface area (Å²) in [7, 11) is 0. The number of anilines is 2. The molecular formula is C22H26Cl4N4O4. The molecule has 3 aromatic rings. The second-order valence-electron chi connectivity index (χ2n) is 7.73. The molecule has 186 valence electrons. The van der Waals surface area contributed by atoms with Crippen LogP contribution in [0.15, 0.2) is 48.7 Å². The Morgan fingerprint density at radius 2 is 1.88 bits per heavy atom. The summed E-state index contributed by atoms with van der Waals surface area (Å²) in [4.78, 5) is 21.5. The van der Waals surface area contributed by atoms with Gasteiger partial charge >= 0.3 is 0 Å². The van der Waals surface area contributed by atoms with E-state index in [2.05, 4.69) is 20.0 Å². The van der Waals surface area contributed by atoms with Gasteiger partial charge in [0.25, 0.3) is 5.09 Å². The summed E-state index contributed by atoms with van der Waals surface area (Å²) in [5.74, 6) is 0.437. The highest BCUT2D eigenvalue weighted by Crippen LogP contribution is 2.30. The van der Waals surface area contributed by atoms with Crippen molar-refractivity contribution in [3.63, 3.8) is 0 Å². The van der Waals surface area contributed by atoms with Gasteiger partial charge in [0.2, 0.25) is 0 Å². The summed E-state index contributed by atoms with van der Waals surface area (Å²) in [5, 5.41) is 25.0. The number of benzene rings is 2. The molecule has 0 radical (unpaired) electrons. The monoisotopic (exact) mass is 550 g/mol. The standard InChI is InChI=1S/C22H23ClN4O4.3ClH/c23-17-1-3-19-20(5-8-24-21(19)12-17)25-18-2-4-22(28)16(11-18)13-26-9-6-15(7-10-26)14-31-27(29)30;;;/h1-5,8,11-12,15,28H,6-7,9-10,13-14H2,(H,24,25);3*1H. The summed E-state index contributed by atoms with van der Waals surface area (Å²) < 4.78 is 0. The van der Waals surface area contributed by atoms with Gasteiger partial charge in [-0.25, -0.2) is 0 Å². The average Bonchev–Trinajstić information content (AvgIpc) is 2.75. The summed E-state index contributed by atoms with van der Waals surface area (Å²) in [6.07, 6.45) is 3.39. The quantitative estimate of drug-likeness (QED) is 0.210. The zero-order valence-electron chi connectivity index (χ0n) is 18.1. The average molecular weight is 552 g/mol. The van der Waals surface area contributed by atoms with Gasteiger partial charge in [-0.15, -0.1) is 47.3 Å². The van der Waals surface area contributed by atoms with Crippen molar-refractivity contribution in [2.45, 2.75) is 19.4 Å². The first-order chi connectivity index (χ1) is 15.0. The van der Waals surface area contributed by atoms with E-state index in [0.717, 1.165) is 53.8 Å². The molecule has 2 aromatic carbocycles. The fourth-order valence-electron chi connectivity index (χ4n) is 3.89. The van der Waals surface area contributed by atoms with Gasteiger partial charge in [0, 0.05) is 40.1 Å². The van der Waals surface area contributed by atoms with Crippen LogP contribution >= 0.6 is 48.8 Å². The lowest BCUT2D eigenvalue weighted by molar-refractivity contribution is -0.759. The van der Waals surface area contributed by atoms with Gasteiger partial charge in [-0.3, -0.25) is 9.88 Å². The molecule has 1 aromatic heterocycles. The molecule has 0 aliphatic carbocycles. The number of hydrogen-bond donors (Lipinski definition) is 2. The van der Waals surface area contributed by atoms with E-state index in [9.17, 15) is 15.2 Å². The third-order valence-corrected chi connectivity index (χ3v) is 5.82. The molecule has 0 unspecified atom stereocenters. The van der Waals surface area contributed by atoms with Crippen LogP contribution in [-0.4, -0.2) is 39.8 Å². The second kappa shape index (κ2) is 13.6. The Balaban J connectivity index is 0.00000193. The van der Waals surface area contributed by atoms with Crippen LogP contribution in [0.2, 0.25) is 5.02 Å². The molecule has 0 amide bonds. The predicted molar refractivity (Wildman–Crippen MR) is 141 cm³/mol. The van der Waals surface area contributed by atoms with Gasteiger partial charge in [-0.2, -0.15) is 0 Å². The molecule has 2 N–H and O–H groups in total. The van der Waals surface area contributed by atoms with Gasteiger partial charge in [0.05, 0.1) is 12.1 Å². The molecule has 12 heteroatoms. The first-order valence-electron chi connectivity index (χ1n) is 10.1. The van der Waals surface area contributed by atoms with E-state index >= 15 is 0 Å². The number of phenols is 1. The van der Waals surface area contributed by atoms with Crippen molar-refractivity contribution in [2.75, 3.05) is 25.0 Å². The molecule has 1 saturated heterocycles. The highest BCUT2D eigenvalue weighted by atomic mass is 35.5. The topological polar surface area (TPSA) is 101 Å². The van der Waals surface area contributed by atoms with Crippen LogP contribution in [-0.2, 0) is 11.4 Å². The van der Waals surface area contributed by atoms with Crippen molar-refractivity contribution in [3.05, 3.63) is 69.4 Å². The molecule has 1 aliphatic rings. The molecule has 1 aliphatic heterocycles. The van der Waals surface area contributed by atoms with Crippen LogP contribution in [0.5, 0.6) is 5.75 Å². The molecule has 8 nitrogen and oxygen atoms in total. The Morgan fingerprint density at radius 3 is 2.59 bits per heavy atom. The van der Waals surface area contributed by atoms with Gasteiger partial charge in [0.15, 0.2) is 0 Å². The highest BCUT2D eigenvalue weighted by molar-refractivity contribution is 6.31. The molecule has 2 heterocycles.